The number of thiophene rings is 1. The number of piperazine rings is 1. The van der Waals surface area contributed by atoms with Gasteiger partial charge in [-0.25, -0.2) is 4.39 Å². The van der Waals surface area contributed by atoms with E-state index < -0.39 is 0 Å². The van der Waals surface area contributed by atoms with E-state index >= 15 is 0 Å². The first kappa shape index (κ1) is 18.4. The van der Waals surface area contributed by atoms with Crippen molar-refractivity contribution in [1.82, 2.24) is 15.1 Å². The molecular weight excluding hydrogens is 379 g/mol. The molecule has 0 saturated carbocycles. The van der Waals surface area contributed by atoms with E-state index in [0.29, 0.717) is 31.9 Å². The summed E-state index contributed by atoms with van der Waals surface area (Å²) in [6, 6.07) is 13.7. The Morgan fingerprint density at radius 3 is 2.61 bits per heavy atom. The molecule has 1 saturated heterocycles. The van der Waals surface area contributed by atoms with Crippen LogP contribution in [0.5, 0.6) is 5.75 Å². The molecule has 4 rings (SSSR count). The van der Waals surface area contributed by atoms with Crippen LogP contribution in [0.15, 0.2) is 53.9 Å². The number of carbonyl (C=O) groups excluding carboxylic acids is 1. The molecule has 1 aliphatic heterocycles. The number of hydrogen-bond acceptors (Lipinski definition) is 6. The Bertz CT molecular complexity index is 926. The molecule has 0 spiro atoms. The van der Waals surface area contributed by atoms with Crippen molar-refractivity contribution in [2.45, 2.75) is 0 Å². The van der Waals surface area contributed by atoms with Crippen LogP contribution in [-0.2, 0) is 4.79 Å². The van der Waals surface area contributed by atoms with Crippen molar-refractivity contribution < 1.29 is 13.9 Å². The quantitative estimate of drug-likeness (QED) is 0.661. The summed E-state index contributed by atoms with van der Waals surface area (Å²) >= 11 is 1.63. The largest absolute Gasteiger partial charge is 0.484 e. The first-order valence-corrected chi connectivity index (χ1v) is 9.86. The molecule has 0 N–H and O–H groups in total. The molecule has 0 unspecified atom stereocenters. The van der Waals surface area contributed by atoms with E-state index in [9.17, 15) is 9.18 Å². The molecule has 3 heterocycles. The summed E-state index contributed by atoms with van der Waals surface area (Å²) < 4.78 is 18.6. The Labute approximate surface area is 166 Å². The summed E-state index contributed by atoms with van der Waals surface area (Å²) in [4.78, 5) is 17.3. The standard InChI is InChI=1S/C20H19FN4O2S/c21-15-3-1-4-16(13-15)27-14-20(26)25-10-8-24(9-11-25)19-7-6-17(22-23-19)18-5-2-12-28-18/h1-7,12-13H,8-11,14H2. The van der Waals surface area contributed by atoms with E-state index in [-0.39, 0.29) is 18.3 Å². The second kappa shape index (κ2) is 8.35. The molecule has 3 aromatic rings. The zero-order chi connectivity index (χ0) is 19.3. The number of carbonyl (C=O) groups is 1. The minimum Gasteiger partial charge on any atom is -0.484 e. The number of hydrogen-bond donors (Lipinski definition) is 0. The van der Waals surface area contributed by atoms with Gasteiger partial charge in [0.25, 0.3) is 5.91 Å². The number of benzene rings is 1. The number of nitrogens with zero attached hydrogens (tertiary/aromatic N) is 4. The van der Waals surface area contributed by atoms with Crippen LogP contribution in [0, 0.1) is 5.82 Å². The zero-order valence-corrected chi connectivity index (χ0v) is 15.9. The Balaban J connectivity index is 1.28. The average Bonchev–Trinajstić information content (AvgIpc) is 3.27. The molecule has 6 nitrogen and oxygen atoms in total. The second-order valence-electron chi connectivity index (χ2n) is 6.37. The number of aromatic nitrogens is 2. The van der Waals surface area contributed by atoms with Crippen molar-refractivity contribution in [2.75, 3.05) is 37.7 Å². The lowest BCUT2D eigenvalue weighted by Crippen LogP contribution is -2.50. The van der Waals surface area contributed by atoms with Crippen LogP contribution >= 0.6 is 11.3 Å². The number of ether oxygens (including phenoxy) is 1. The van der Waals surface area contributed by atoms with E-state index in [0.717, 1.165) is 16.4 Å². The van der Waals surface area contributed by atoms with E-state index in [1.165, 1.54) is 12.1 Å². The first-order chi connectivity index (χ1) is 13.7. The fourth-order valence-electron chi connectivity index (χ4n) is 3.03. The van der Waals surface area contributed by atoms with E-state index in [1.807, 2.05) is 29.6 Å². The number of amides is 1. The molecule has 1 aliphatic rings. The van der Waals surface area contributed by atoms with E-state index in [2.05, 4.69) is 15.1 Å². The first-order valence-electron chi connectivity index (χ1n) is 8.98. The summed E-state index contributed by atoms with van der Waals surface area (Å²) in [5, 5.41) is 10.7. The van der Waals surface area contributed by atoms with E-state index in [4.69, 9.17) is 4.74 Å². The van der Waals surface area contributed by atoms with Gasteiger partial charge >= 0.3 is 0 Å². The molecule has 1 amide bonds. The van der Waals surface area contributed by atoms with Crippen molar-refractivity contribution in [2.24, 2.45) is 0 Å². The maximum absolute atomic E-state index is 13.2. The van der Waals surface area contributed by atoms with Crippen molar-refractivity contribution in [3.05, 3.63) is 59.7 Å². The average molecular weight is 398 g/mol. The van der Waals surface area contributed by atoms with Gasteiger partial charge in [0.15, 0.2) is 12.4 Å². The summed E-state index contributed by atoms with van der Waals surface area (Å²) in [7, 11) is 0. The Morgan fingerprint density at radius 2 is 1.93 bits per heavy atom. The lowest BCUT2D eigenvalue weighted by molar-refractivity contribution is -0.133. The van der Waals surface area contributed by atoms with Gasteiger partial charge in [-0.05, 0) is 35.7 Å². The number of halogens is 1. The molecule has 0 aliphatic carbocycles. The van der Waals surface area contributed by atoms with Gasteiger partial charge in [-0.15, -0.1) is 21.5 Å². The maximum atomic E-state index is 13.2. The highest BCUT2D eigenvalue weighted by Gasteiger charge is 2.22. The molecular formula is C20H19FN4O2S. The topological polar surface area (TPSA) is 58.6 Å². The highest BCUT2D eigenvalue weighted by atomic mass is 32.1. The second-order valence-corrected chi connectivity index (χ2v) is 7.32. The summed E-state index contributed by atoms with van der Waals surface area (Å²) in [6.07, 6.45) is 0. The molecule has 0 bridgehead atoms. The molecule has 28 heavy (non-hydrogen) atoms. The normalized spacial score (nSPS) is 14.2. The molecule has 1 fully saturated rings. The summed E-state index contributed by atoms with van der Waals surface area (Å²) in [6.45, 7) is 2.43. The van der Waals surface area contributed by atoms with Crippen LogP contribution < -0.4 is 9.64 Å². The van der Waals surface area contributed by atoms with Gasteiger partial charge in [0, 0.05) is 32.2 Å². The van der Waals surface area contributed by atoms with Gasteiger partial charge in [-0.2, -0.15) is 0 Å². The summed E-state index contributed by atoms with van der Waals surface area (Å²) in [5.74, 6) is 0.671. The SMILES string of the molecule is O=C(COc1cccc(F)c1)N1CCN(c2ccc(-c3cccs3)nn2)CC1. The van der Waals surface area contributed by atoms with Crippen molar-refractivity contribution in [3.63, 3.8) is 0 Å². The minimum absolute atomic E-state index is 0.0984. The fraction of sp³-hybridized carbons (Fsp3) is 0.250. The predicted octanol–water partition coefficient (Wildman–Crippen LogP) is 3.07. The third kappa shape index (κ3) is 4.28. The summed E-state index contributed by atoms with van der Waals surface area (Å²) in [5.41, 5.74) is 0.863. The lowest BCUT2D eigenvalue weighted by atomic mass is 10.3. The predicted molar refractivity (Wildman–Crippen MR) is 106 cm³/mol. The molecule has 144 valence electrons. The Hall–Kier alpha value is -3.00. The Morgan fingerprint density at radius 1 is 1.07 bits per heavy atom. The lowest BCUT2D eigenvalue weighted by Gasteiger charge is -2.35. The number of rotatable bonds is 5. The highest BCUT2D eigenvalue weighted by molar-refractivity contribution is 7.13. The molecule has 2 aromatic heterocycles. The minimum atomic E-state index is -0.384. The third-order valence-corrected chi connectivity index (χ3v) is 5.43. The van der Waals surface area contributed by atoms with Crippen LogP contribution in [0.2, 0.25) is 0 Å². The zero-order valence-electron chi connectivity index (χ0n) is 15.1. The van der Waals surface area contributed by atoms with Gasteiger partial charge in [-0.1, -0.05) is 12.1 Å². The van der Waals surface area contributed by atoms with Crippen molar-refractivity contribution in [3.8, 4) is 16.3 Å². The monoisotopic (exact) mass is 398 g/mol. The van der Waals surface area contributed by atoms with Crippen molar-refractivity contribution >= 4 is 23.1 Å². The van der Waals surface area contributed by atoms with Gasteiger partial charge in [-0.3, -0.25) is 4.79 Å². The van der Waals surface area contributed by atoms with Crippen LogP contribution in [-0.4, -0.2) is 53.8 Å². The maximum Gasteiger partial charge on any atom is 0.260 e. The van der Waals surface area contributed by atoms with Gasteiger partial charge in [0.2, 0.25) is 0 Å². The fourth-order valence-corrected chi connectivity index (χ4v) is 3.72. The Kier molecular flexibility index (Phi) is 5.48. The van der Waals surface area contributed by atoms with E-state index in [1.54, 1.807) is 28.4 Å². The van der Waals surface area contributed by atoms with Crippen LogP contribution in [0.3, 0.4) is 0 Å². The molecule has 8 heteroatoms. The molecule has 0 radical (unpaired) electrons. The van der Waals surface area contributed by atoms with Crippen LogP contribution in [0.4, 0.5) is 10.2 Å². The van der Waals surface area contributed by atoms with Crippen LogP contribution in [0.25, 0.3) is 10.6 Å². The van der Waals surface area contributed by atoms with Gasteiger partial charge in [0.05, 0.1) is 4.88 Å². The molecule has 1 aromatic carbocycles. The number of anilines is 1. The third-order valence-electron chi connectivity index (χ3n) is 4.54. The highest BCUT2D eigenvalue weighted by Crippen LogP contribution is 2.23. The van der Waals surface area contributed by atoms with Crippen LogP contribution in [0.1, 0.15) is 0 Å². The smallest absolute Gasteiger partial charge is 0.260 e. The molecule has 0 atom stereocenters. The van der Waals surface area contributed by atoms with Gasteiger partial charge < -0.3 is 14.5 Å². The van der Waals surface area contributed by atoms with Crippen molar-refractivity contribution in [1.29, 1.82) is 0 Å². The van der Waals surface area contributed by atoms with Gasteiger partial charge in [0.1, 0.15) is 17.3 Å².